The van der Waals surface area contributed by atoms with E-state index >= 15 is 0 Å². The Kier molecular flexibility index (Phi) is 6.19. The summed E-state index contributed by atoms with van der Waals surface area (Å²) in [6.45, 7) is 4.74. The van der Waals surface area contributed by atoms with Gasteiger partial charge < -0.3 is 9.30 Å². The van der Waals surface area contributed by atoms with E-state index in [1.807, 2.05) is 30.5 Å². The van der Waals surface area contributed by atoms with E-state index in [0.29, 0.717) is 29.9 Å². The number of nitrogens with zero attached hydrogens (tertiary/aromatic N) is 3. The van der Waals surface area contributed by atoms with Crippen LogP contribution in [0, 0.1) is 12.7 Å². The predicted octanol–water partition coefficient (Wildman–Crippen LogP) is 3.46. The van der Waals surface area contributed by atoms with Gasteiger partial charge in [-0.15, -0.1) is 0 Å². The first-order valence-corrected chi connectivity index (χ1v) is 12.6. The van der Waals surface area contributed by atoms with Gasteiger partial charge in [0.05, 0.1) is 16.7 Å². The Morgan fingerprint density at radius 2 is 1.97 bits per heavy atom. The van der Waals surface area contributed by atoms with Gasteiger partial charge in [0, 0.05) is 13.1 Å². The largest absolute Gasteiger partial charge is 0.495 e. The quantitative estimate of drug-likeness (QED) is 0.564. The van der Waals surface area contributed by atoms with Crippen molar-refractivity contribution in [3.05, 3.63) is 52.6 Å². The van der Waals surface area contributed by atoms with Crippen LogP contribution in [0.1, 0.15) is 25.3 Å². The van der Waals surface area contributed by atoms with Crippen LogP contribution in [0.2, 0.25) is 0 Å². The first-order valence-electron chi connectivity index (χ1n) is 10.3. The second-order valence-electron chi connectivity index (χ2n) is 7.57. The van der Waals surface area contributed by atoms with Gasteiger partial charge in [0.2, 0.25) is 10.0 Å². The third kappa shape index (κ3) is 3.87. The van der Waals surface area contributed by atoms with Crippen molar-refractivity contribution < 1.29 is 22.3 Å². The number of aryl methyl sites for hydroxylation is 2. The smallest absolute Gasteiger partial charge is 0.266 e. The molecule has 1 saturated heterocycles. The van der Waals surface area contributed by atoms with Crippen LogP contribution in [0.3, 0.4) is 0 Å². The number of aromatic nitrogens is 1. The molecule has 0 aliphatic carbocycles. The maximum absolute atomic E-state index is 13.3. The van der Waals surface area contributed by atoms with Crippen LogP contribution in [0.4, 0.5) is 4.39 Å². The van der Waals surface area contributed by atoms with E-state index in [0.717, 1.165) is 27.9 Å². The maximum Gasteiger partial charge on any atom is 0.266 e. The summed E-state index contributed by atoms with van der Waals surface area (Å²) >= 11 is 1.38. The van der Waals surface area contributed by atoms with Crippen molar-refractivity contribution in [3.63, 3.8) is 0 Å². The standard InChI is InChI=1S/C22H24FN3O4S2/c1-4-25-19-18(30-3)12-7-14(2)20(19)31-22(25)24-21(27)17-6-5-13-26(17)32(28,29)16-10-8-15(23)9-11-16/h7-12,17H,4-6,13H2,1-3H3. The van der Waals surface area contributed by atoms with E-state index in [9.17, 15) is 17.6 Å². The summed E-state index contributed by atoms with van der Waals surface area (Å²) in [5.74, 6) is -0.329. The molecule has 2 heterocycles. The van der Waals surface area contributed by atoms with Crippen LogP contribution < -0.4 is 9.54 Å². The van der Waals surface area contributed by atoms with Crippen molar-refractivity contribution in [1.29, 1.82) is 0 Å². The average molecular weight is 478 g/mol. The fourth-order valence-corrected chi connectivity index (χ4v) is 6.84. The maximum atomic E-state index is 13.3. The van der Waals surface area contributed by atoms with E-state index in [1.165, 1.54) is 27.8 Å². The van der Waals surface area contributed by atoms with Crippen LogP contribution in [-0.4, -0.2) is 42.9 Å². The number of methoxy groups -OCH3 is 1. The molecule has 1 aliphatic rings. The molecule has 0 N–H and O–H groups in total. The van der Waals surface area contributed by atoms with Crippen molar-refractivity contribution in [3.8, 4) is 5.75 Å². The summed E-state index contributed by atoms with van der Waals surface area (Å²) in [5, 5.41) is 0. The summed E-state index contributed by atoms with van der Waals surface area (Å²) in [6.07, 6.45) is 0.946. The first-order chi connectivity index (χ1) is 15.3. The molecule has 32 heavy (non-hydrogen) atoms. The Hall–Kier alpha value is -2.56. The molecule has 1 unspecified atom stereocenters. The third-order valence-corrected chi connectivity index (χ3v) is 8.77. The third-order valence-electron chi connectivity index (χ3n) is 5.64. The van der Waals surface area contributed by atoms with Gasteiger partial charge in [0.25, 0.3) is 5.91 Å². The molecule has 170 valence electrons. The van der Waals surface area contributed by atoms with Crippen molar-refractivity contribution >= 4 is 37.5 Å². The number of carbonyl (C=O) groups is 1. The van der Waals surface area contributed by atoms with E-state index < -0.39 is 27.8 Å². The van der Waals surface area contributed by atoms with Gasteiger partial charge in [0.1, 0.15) is 23.1 Å². The van der Waals surface area contributed by atoms with Crippen LogP contribution in [0.15, 0.2) is 46.3 Å². The lowest BCUT2D eigenvalue weighted by atomic mass is 10.2. The molecule has 7 nitrogen and oxygen atoms in total. The zero-order valence-corrected chi connectivity index (χ0v) is 19.7. The molecule has 1 aliphatic heterocycles. The first kappa shape index (κ1) is 22.6. The second-order valence-corrected chi connectivity index (χ2v) is 10.4. The molecule has 1 aromatic heterocycles. The molecular formula is C22H24FN3O4S2. The summed E-state index contributed by atoms with van der Waals surface area (Å²) in [7, 11) is -2.34. The number of fused-ring (bicyclic) bond motifs is 1. The Morgan fingerprint density at radius 3 is 2.62 bits per heavy atom. The number of carbonyl (C=O) groups excluding carboxylic acids is 1. The van der Waals surface area contributed by atoms with Crippen molar-refractivity contribution in [2.75, 3.05) is 13.7 Å². The zero-order chi connectivity index (χ0) is 23.0. The molecule has 3 aromatic rings. The molecule has 2 aromatic carbocycles. The van der Waals surface area contributed by atoms with Crippen molar-refractivity contribution in [1.82, 2.24) is 8.87 Å². The molecule has 0 spiro atoms. The molecule has 1 fully saturated rings. The number of thiazole rings is 1. The van der Waals surface area contributed by atoms with Crippen LogP contribution in [-0.2, 0) is 21.4 Å². The lowest BCUT2D eigenvalue weighted by molar-refractivity contribution is -0.121. The van der Waals surface area contributed by atoms with Crippen LogP contribution >= 0.6 is 11.3 Å². The van der Waals surface area contributed by atoms with Gasteiger partial charge in [-0.3, -0.25) is 4.79 Å². The Balaban J connectivity index is 1.75. The lowest BCUT2D eigenvalue weighted by Crippen LogP contribution is -2.40. The molecular weight excluding hydrogens is 453 g/mol. The summed E-state index contributed by atoms with van der Waals surface area (Å²) < 4.78 is 49.0. The molecule has 0 radical (unpaired) electrons. The Labute approximate surface area is 189 Å². The average Bonchev–Trinajstić information content (AvgIpc) is 3.40. The lowest BCUT2D eigenvalue weighted by Gasteiger charge is -2.21. The van der Waals surface area contributed by atoms with Gasteiger partial charge in [-0.05, 0) is 62.6 Å². The predicted molar refractivity (Wildman–Crippen MR) is 121 cm³/mol. The highest BCUT2D eigenvalue weighted by molar-refractivity contribution is 7.89. The Morgan fingerprint density at radius 1 is 1.25 bits per heavy atom. The topological polar surface area (TPSA) is 81.0 Å². The highest BCUT2D eigenvalue weighted by atomic mass is 32.2. The minimum Gasteiger partial charge on any atom is -0.495 e. The molecule has 10 heteroatoms. The van der Waals surface area contributed by atoms with Crippen LogP contribution in [0.5, 0.6) is 5.75 Å². The number of hydrogen-bond acceptors (Lipinski definition) is 5. The molecule has 0 saturated carbocycles. The number of sulfonamides is 1. The zero-order valence-electron chi connectivity index (χ0n) is 18.0. The monoisotopic (exact) mass is 477 g/mol. The van der Waals surface area contributed by atoms with Crippen molar-refractivity contribution in [2.45, 2.75) is 44.2 Å². The molecule has 4 rings (SSSR count). The van der Waals surface area contributed by atoms with E-state index in [-0.39, 0.29) is 11.4 Å². The van der Waals surface area contributed by atoms with Gasteiger partial charge >= 0.3 is 0 Å². The van der Waals surface area contributed by atoms with Gasteiger partial charge in [-0.1, -0.05) is 17.4 Å². The van der Waals surface area contributed by atoms with Gasteiger partial charge in [-0.2, -0.15) is 9.30 Å². The fraction of sp³-hybridized carbons (Fsp3) is 0.364. The number of halogens is 1. The number of benzene rings is 2. The summed E-state index contributed by atoms with van der Waals surface area (Å²) in [4.78, 5) is 18.0. The van der Waals surface area contributed by atoms with Crippen LogP contribution in [0.25, 0.3) is 10.2 Å². The minimum atomic E-state index is -3.94. The van der Waals surface area contributed by atoms with Gasteiger partial charge in [-0.25, -0.2) is 12.8 Å². The fourth-order valence-electron chi connectivity index (χ4n) is 4.01. The highest BCUT2D eigenvalue weighted by Crippen LogP contribution is 2.31. The number of ether oxygens (including phenoxy) is 1. The second kappa shape index (κ2) is 8.76. The minimum absolute atomic E-state index is 0.0376. The van der Waals surface area contributed by atoms with Gasteiger partial charge in [0.15, 0.2) is 4.80 Å². The Bertz CT molecular complexity index is 1340. The molecule has 1 atom stereocenters. The number of hydrogen-bond donors (Lipinski definition) is 0. The summed E-state index contributed by atoms with van der Waals surface area (Å²) in [6, 6.07) is 7.58. The normalized spacial score (nSPS) is 17.9. The summed E-state index contributed by atoms with van der Waals surface area (Å²) in [5.41, 5.74) is 1.91. The molecule has 0 bridgehead atoms. The van der Waals surface area contributed by atoms with E-state index in [4.69, 9.17) is 4.74 Å². The number of rotatable bonds is 5. The SMILES string of the molecule is CCn1c(=NC(=O)C2CCCN2S(=O)(=O)c2ccc(F)cc2)sc2c(C)ccc(OC)c21. The number of amides is 1. The van der Waals surface area contributed by atoms with Crippen molar-refractivity contribution in [2.24, 2.45) is 4.99 Å². The highest BCUT2D eigenvalue weighted by Gasteiger charge is 2.39. The van der Waals surface area contributed by atoms with E-state index in [2.05, 4.69) is 4.99 Å². The van der Waals surface area contributed by atoms with E-state index in [1.54, 1.807) is 7.11 Å². The molecule has 1 amide bonds.